The van der Waals surface area contributed by atoms with Crippen molar-refractivity contribution in [2.75, 3.05) is 37.3 Å². The maximum Gasteiger partial charge on any atom is 0.317 e. The summed E-state index contributed by atoms with van der Waals surface area (Å²) in [5.41, 5.74) is 0.0573. The van der Waals surface area contributed by atoms with Gasteiger partial charge in [-0.3, -0.25) is 0 Å². The average Bonchev–Trinajstić information content (AvgIpc) is 2.70. The number of benzene rings is 1. The number of rotatable bonds is 2. The molecule has 0 aliphatic carbocycles. The van der Waals surface area contributed by atoms with Crippen molar-refractivity contribution in [3.63, 3.8) is 0 Å². The van der Waals surface area contributed by atoms with Gasteiger partial charge in [-0.2, -0.15) is 0 Å². The number of nitrogens with zero attached hydrogens (tertiary/aromatic N) is 2. The monoisotopic (exact) mass is 371 g/mol. The van der Waals surface area contributed by atoms with Gasteiger partial charge in [0.25, 0.3) is 0 Å². The van der Waals surface area contributed by atoms with E-state index >= 15 is 0 Å². The van der Waals surface area contributed by atoms with E-state index < -0.39 is 15.7 Å². The van der Waals surface area contributed by atoms with Gasteiger partial charge < -0.3 is 15.1 Å². The quantitative estimate of drug-likeness (QED) is 0.866. The molecule has 1 N–H and O–H groups in total. The van der Waals surface area contributed by atoms with Crippen LogP contribution in [0.4, 0.5) is 14.9 Å². The molecule has 2 rings (SSSR count). The summed E-state index contributed by atoms with van der Waals surface area (Å²) in [6, 6.07) is 3.85. The molecule has 1 saturated heterocycles. The molecule has 8 heteroatoms. The van der Waals surface area contributed by atoms with E-state index in [0.29, 0.717) is 38.3 Å². The van der Waals surface area contributed by atoms with Gasteiger partial charge >= 0.3 is 6.03 Å². The van der Waals surface area contributed by atoms with E-state index in [1.165, 1.54) is 12.1 Å². The molecular weight excluding hydrogens is 345 g/mol. The zero-order valence-corrected chi connectivity index (χ0v) is 16.0. The molecule has 6 nitrogen and oxygen atoms in total. The molecule has 0 unspecified atom stereocenters. The minimum Gasteiger partial charge on any atom is -0.367 e. The average molecular weight is 371 g/mol. The van der Waals surface area contributed by atoms with Crippen LogP contribution in [0.3, 0.4) is 0 Å². The molecule has 1 heterocycles. The van der Waals surface area contributed by atoms with Crippen molar-refractivity contribution in [1.29, 1.82) is 0 Å². The van der Waals surface area contributed by atoms with Gasteiger partial charge in [0.15, 0.2) is 9.84 Å². The largest absolute Gasteiger partial charge is 0.367 e. The summed E-state index contributed by atoms with van der Waals surface area (Å²) < 4.78 is 37.4. The van der Waals surface area contributed by atoms with E-state index in [4.69, 9.17) is 0 Å². The van der Waals surface area contributed by atoms with Gasteiger partial charge in [-0.1, -0.05) is 0 Å². The third-order valence-electron chi connectivity index (χ3n) is 3.95. The Morgan fingerprint density at radius 1 is 1.16 bits per heavy atom. The van der Waals surface area contributed by atoms with Gasteiger partial charge in [0.05, 0.1) is 10.6 Å². The third kappa shape index (κ3) is 5.32. The van der Waals surface area contributed by atoms with E-state index in [-0.39, 0.29) is 16.5 Å². The molecular formula is C17H26FN3O3S. The predicted octanol–water partition coefficient (Wildman–Crippen LogP) is 2.25. The first-order chi connectivity index (χ1) is 11.5. The van der Waals surface area contributed by atoms with Crippen molar-refractivity contribution in [1.82, 2.24) is 10.2 Å². The van der Waals surface area contributed by atoms with Crippen molar-refractivity contribution < 1.29 is 17.6 Å². The molecule has 25 heavy (non-hydrogen) atoms. The number of carbonyl (C=O) groups is 1. The summed E-state index contributed by atoms with van der Waals surface area (Å²) in [5.74, 6) is -0.560. The molecule has 0 spiro atoms. The van der Waals surface area contributed by atoms with Crippen molar-refractivity contribution in [3.05, 3.63) is 24.0 Å². The summed E-state index contributed by atoms with van der Waals surface area (Å²) in [6.07, 6.45) is 1.77. The van der Waals surface area contributed by atoms with Gasteiger partial charge in [-0.05, 0) is 45.4 Å². The highest BCUT2D eigenvalue weighted by molar-refractivity contribution is 7.90. The van der Waals surface area contributed by atoms with Gasteiger partial charge in [0.1, 0.15) is 5.82 Å². The van der Waals surface area contributed by atoms with Crippen LogP contribution in [-0.2, 0) is 9.84 Å². The van der Waals surface area contributed by atoms with Crippen LogP contribution >= 0.6 is 0 Å². The molecule has 2 amide bonds. The lowest BCUT2D eigenvalue weighted by Crippen LogP contribution is -2.49. The first-order valence-electron chi connectivity index (χ1n) is 8.29. The summed E-state index contributed by atoms with van der Waals surface area (Å²) in [6.45, 7) is 7.95. The molecule has 1 aliphatic heterocycles. The maximum absolute atomic E-state index is 14.4. The fraction of sp³-hybridized carbons (Fsp3) is 0.588. The number of urea groups is 1. The zero-order valence-electron chi connectivity index (χ0n) is 15.2. The number of hydrogen-bond acceptors (Lipinski definition) is 4. The Bertz CT molecular complexity index is 744. The number of carbonyl (C=O) groups excluding carboxylic acids is 1. The smallest absolute Gasteiger partial charge is 0.317 e. The second-order valence-corrected chi connectivity index (χ2v) is 9.41. The van der Waals surface area contributed by atoms with Gasteiger partial charge in [0.2, 0.25) is 0 Å². The lowest BCUT2D eigenvalue weighted by atomic mass is 10.1. The molecule has 0 bridgehead atoms. The lowest BCUT2D eigenvalue weighted by molar-refractivity contribution is 0.192. The highest BCUT2D eigenvalue weighted by atomic mass is 32.2. The minimum absolute atomic E-state index is 0.0326. The van der Waals surface area contributed by atoms with Crippen molar-refractivity contribution in [2.45, 2.75) is 37.6 Å². The van der Waals surface area contributed by atoms with Gasteiger partial charge in [-0.25, -0.2) is 17.6 Å². The van der Waals surface area contributed by atoms with Crippen LogP contribution in [0.1, 0.15) is 27.2 Å². The minimum atomic E-state index is -3.44. The molecule has 0 radical (unpaired) electrons. The Kier molecular flexibility index (Phi) is 5.61. The molecule has 1 aromatic carbocycles. The molecule has 0 atom stereocenters. The lowest BCUT2D eigenvalue weighted by Gasteiger charge is -2.28. The normalized spacial score (nSPS) is 16.5. The zero-order chi connectivity index (χ0) is 18.8. The summed E-state index contributed by atoms with van der Waals surface area (Å²) in [4.78, 5) is 15.8. The molecule has 0 saturated carbocycles. The van der Waals surface area contributed by atoms with Gasteiger partial charge in [-0.15, -0.1) is 0 Å². The van der Waals surface area contributed by atoms with Crippen LogP contribution < -0.4 is 10.2 Å². The molecule has 1 aromatic rings. The van der Waals surface area contributed by atoms with E-state index in [1.807, 2.05) is 25.7 Å². The number of amides is 2. The Balaban J connectivity index is 2.10. The van der Waals surface area contributed by atoms with E-state index in [1.54, 1.807) is 4.90 Å². The fourth-order valence-electron chi connectivity index (χ4n) is 2.74. The third-order valence-corrected chi connectivity index (χ3v) is 5.06. The molecule has 1 aliphatic rings. The molecule has 1 fully saturated rings. The highest BCUT2D eigenvalue weighted by Crippen LogP contribution is 2.24. The Hall–Kier alpha value is -1.83. The van der Waals surface area contributed by atoms with E-state index in [0.717, 1.165) is 12.3 Å². The van der Waals surface area contributed by atoms with Crippen molar-refractivity contribution >= 4 is 21.6 Å². The van der Waals surface area contributed by atoms with Crippen molar-refractivity contribution in [3.8, 4) is 0 Å². The molecule has 140 valence electrons. The van der Waals surface area contributed by atoms with Crippen molar-refractivity contribution in [2.24, 2.45) is 0 Å². The number of anilines is 1. The van der Waals surface area contributed by atoms with Crippen LogP contribution in [0.25, 0.3) is 0 Å². The molecule has 0 aromatic heterocycles. The van der Waals surface area contributed by atoms with Crippen LogP contribution in [-0.4, -0.2) is 57.3 Å². The number of sulfone groups is 1. The second-order valence-electron chi connectivity index (χ2n) is 7.39. The summed E-state index contributed by atoms with van der Waals surface area (Å²) >= 11 is 0. The predicted molar refractivity (Wildman–Crippen MR) is 96.2 cm³/mol. The fourth-order valence-corrected chi connectivity index (χ4v) is 3.37. The van der Waals surface area contributed by atoms with Gasteiger partial charge in [0, 0.05) is 38.0 Å². The van der Waals surface area contributed by atoms with E-state index in [2.05, 4.69) is 5.32 Å². The second kappa shape index (κ2) is 7.19. The first kappa shape index (κ1) is 19.5. The highest BCUT2D eigenvalue weighted by Gasteiger charge is 2.24. The Labute approximate surface area is 148 Å². The standard InChI is InChI=1S/C17H26FN3O3S/c1-17(2,3)19-16(22)21-9-5-8-20(10-11-21)15-7-6-13(12-14(15)18)25(4,23)24/h6-7,12H,5,8-11H2,1-4H3,(H,19,22). The maximum atomic E-state index is 14.4. The topological polar surface area (TPSA) is 69.7 Å². The Morgan fingerprint density at radius 3 is 2.40 bits per heavy atom. The summed E-state index contributed by atoms with van der Waals surface area (Å²) in [5, 5.41) is 2.93. The number of nitrogens with one attached hydrogen (secondary N) is 1. The Morgan fingerprint density at radius 2 is 1.84 bits per heavy atom. The van der Waals surface area contributed by atoms with Crippen LogP contribution in [0.2, 0.25) is 0 Å². The van der Waals surface area contributed by atoms with Crippen LogP contribution in [0, 0.1) is 5.82 Å². The number of halogens is 1. The van der Waals surface area contributed by atoms with E-state index in [9.17, 15) is 17.6 Å². The first-order valence-corrected chi connectivity index (χ1v) is 10.2. The van der Waals surface area contributed by atoms with Crippen LogP contribution in [0.15, 0.2) is 23.1 Å². The summed E-state index contributed by atoms with van der Waals surface area (Å²) in [7, 11) is -3.44. The SMILES string of the molecule is CC(C)(C)NC(=O)N1CCCN(c2ccc(S(C)(=O)=O)cc2F)CC1. The number of hydrogen-bond donors (Lipinski definition) is 1. The van der Waals surface area contributed by atoms with Crippen LogP contribution in [0.5, 0.6) is 0 Å².